The summed E-state index contributed by atoms with van der Waals surface area (Å²) >= 11 is 1.95. The molecule has 0 radical (unpaired) electrons. The van der Waals surface area contributed by atoms with Gasteiger partial charge >= 0.3 is 0 Å². The van der Waals surface area contributed by atoms with Crippen molar-refractivity contribution in [2.75, 3.05) is 25.6 Å². The standard InChI is InChI=1S/C9H21NS/c1-9(8-10-2)6-4-5-7-11-3/h9-10H,4-8H2,1-3H3. The third kappa shape index (κ3) is 8.21. The van der Waals surface area contributed by atoms with Crippen LogP contribution in [0.3, 0.4) is 0 Å². The van der Waals surface area contributed by atoms with Crippen molar-refractivity contribution in [1.29, 1.82) is 0 Å². The summed E-state index contributed by atoms with van der Waals surface area (Å²) in [4.78, 5) is 0. The maximum atomic E-state index is 3.20. The number of nitrogens with one attached hydrogen (secondary N) is 1. The Hall–Kier alpha value is 0.310. The molecular formula is C9H21NS. The minimum Gasteiger partial charge on any atom is -0.319 e. The quantitative estimate of drug-likeness (QED) is 0.596. The van der Waals surface area contributed by atoms with Gasteiger partial charge in [0.1, 0.15) is 0 Å². The predicted molar refractivity (Wildman–Crippen MR) is 55.3 cm³/mol. The average Bonchev–Trinajstić information content (AvgIpc) is 1.99. The number of hydrogen-bond acceptors (Lipinski definition) is 2. The van der Waals surface area contributed by atoms with Crippen molar-refractivity contribution in [3.05, 3.63) is 0 Å². The van der Waals surface area contributed by atoms with Crippen LogP contribution in [0.5, 0.6) is 0 Å². The van der Waals surface area contributed by atoms with Gasteiger partial charge in [0.2, 0.25) is 0 Å². The molecule has 0 saturated heterocycles. The lowest BCUT2D eigenvalue weighted by Crippen LogP contribution is -2.15. The van der Waals surface area contributed by atoms with E-state index in [0.717, 1.165) is 5.92 Å². The zero-order chi connectivity index (χ0) is 8.53. The minimum absolute atomic E-state index is 0.849. The molecule has 0 fully saturated rings. The molecule has 0 aliphatic heterocycles. The van der Waals surface area contributed by atoms with Crippen LogP contribution in [0.1, 0.15) is 26.2 Å². The molecule has 0 aromatic rings. The summed E-state index contributed by atoms with van der Waals surface area (Å²) in [6, 6.07) is 0. The SMILES string of the molecule is CNCC(C)CCCCSC. The molecule has 0 aromatic heterocycles. The predicted octanol–water partition coefficient (Wildman–Crippen LogP) is 2.38. The highest BCUT2D eigenvalue weighted by molar-refractivity contribution is 7.98. The topological polar surface area (TPSA) is 12.0 Å². The average molecular weight is 175 g/mol. The van der Waals surface area contributed by atoms with Crippen molar-refractivity contribution in [2.45, 2.75) is 26.2 Å². The zero-order valence-electron chi connectivity index (χ0n) is 8.02. The highest BCUT2D eigenvalue weighted by atomic mass is 32.2. The van der Waals surface area contributed by atoms with E-state index in [9.17, 15) is 0 Å². The first-order chi connectivity index (χ1) is 5.31. The lowest BCUT2D eigenvalue weighted by Gasteiger charge is -2.09. The Labute approximate surface area is 75.3 Å². The van der Waals surface area contributed by atoms with E-state index in [4.69, 9.17) is 0 Å². The van der Waals surface area contributed by atoms with Gasteiger partial charge < -0.3 is 5.32 Å². The lowest BCUT2D eigenvalue weighted by atomic mass is 10.1. The molecule has 0 aromatic carbocycles. The van der Waals surface area contributed by atoms with E-state index >= 15 is 0 Å². The molecule has 68 valence electrons. The maximum Gasteiger partial charge on any atom is -0.00262 e. The van der Waals surface area contributed by atoms with Crippen LogP contribution in [-0.4, -0.2) is 25.6 Å². The van der Waals surface area contributed by atoms with Crippen molar-refractivity contribution < 1.29 is 0 Å². The Morgan fingerprint density at radius 1 is 1.36 bits per heavy atom. The molecule has 0 aliphatic rings. The van der Waals surface area contributed by atoms with Crippen LogP contribution in [0.15, 0.2) is 0 Å². The second kappa shape index (κ2) is 8.41. The van der Waals surface area contributed by atoms with E-state index in [2.05, 4.69) is 18.5 Å². The van der Waals surface area contributed by atoms with Crippen molar-refractivity contribution in [1.82, 2.24) is 5.32 Å². The molecule has 2 heteroatoms. The van der Waals surface area contributed by atoms with Gasteiger partial charge in [0.05, 0.1) is 0 Å². The first kappa shape index (κ1) is 11.3. The molecule has 0 aliphatic carbocycles. The molecule has 0 rings (SSSR count). The third-order valence-electron chi connectivity index (χ3n) is 1.85. The molecule has 0 spiro atoms. The molecule has 1 unspecified atom stereocenters. The Bertz CT molecular complexity index is 76.0. The molecule has 1 N–H and O–H groups in total. The van der Waals surface area contributed by atoms with Crippen LogP contribution in [0.4, 0.5) is 0 Å². The summed E-state index contributed by atoms with van der Waals surface area (Å²) in [7, 11) is 2.03. The Morgan fingerprint density at radius 3 is 2.64 bits per heavy atom. The number of hydrogen-bond donors (Lipinski definition) is 1. The summed E-state index contributed by atoms with van der Waals surface area (Å²) in [6.07, 6.45) is 6.33. The van der Waals surface area contributed by atoms with Crippen molar-refractivity contribution in [2.24, 2.45) is 5.92 Å². The van der Waals surface area contributed by atoms with Crippen LogP contribution < -0.4 is 5.32 Å². The Morgan fingerprint density at radius 2 is 2.09 bits per heavy atom. The van der Waals surface area contributed by atoms with Gasteiger partial charge in [0.15, 0.2) is 0 Å². The zero-order valence-corrected chi connectivity index (χ0v) is 8.84. The summed E-state index contributed by atoms with van der Waals surface area (Å²) in [5.74, 6) is 2.17. The second-order valence-corrected chi connectivity index (χ2v) is 4.14. The van der Waals surface area contributed by atoms with E-state index in [1.807, 2.05) is 18.8 Å². The van der Waals surface area contributed by atoms with Crippen LogP contribution >= 0.6 is 11.8 Å². The second-order valence-electron chi connectivity index (χ2n) is 3.15. The van der Waals surface area contributed by atoms with Crippen LogP contribution in [0, 0.1) is 5.92 Å². The fourth-order valence-corrected chi connectivity index (χ4v) is 1.68. The monoisotopic (exact) mass is 175 g/mol. The molecule has 0 heterocycles. The van der Waals surface area contributed by atoms with Gasteiger partial charge in [-0.05, 0) is 44.4 Å². The molecule has 1 nitrogen and oxygen atoms in total. The molecule has 0 amide bonds. The van der Waals surface area contributed by atoms with E-state index in [1.54, 1.807) is 0 Å². The molecule has 1 atom stereocenters. The van der Waals surface area contributed by atoms with E-state index in [0.29, 0.717) is 0 Å². The van der Waals surface area contributed by atoms with Gasteiger partial charge in [0.25, 0.3) is 0 Å². The van der Waals surface area contributed by atoms with Gasteiger partial charge in [-0.25, -0.2) is 0 Å². The summed E-state index contributed by atoms with van der Waals surface area (Å²) < 4.78 is 0. The lowest BCUT2D eigenvalue weighted by molar-refractivity contribution is 0.484. The van der Waals surface area contributed by atoms with Crippen molar-refractivity contribution in [3.8, 4) is 0 Å². The van der Waals surface area contributed by atoms with Gasteiger partial charge in [-0.2, -0.15) is 11.8 Å². The van der Waals surface area contributed by atoms with Gasteiger partial charge in [-0.1, -0.05) is 13.3 Å². The first-order valence-corrected chi connectivity index (χ1v) is 5.84. The van der Waals surface area contributed by atoms with Crippen molar-refractivity contribution >= 4 is 11.8 Å². The van der Waals surface area contributed by atoms with Crippen LogP contribution in [-0.2, 0) is 0 Å². The fraction of sp³-hybridized carbons (Fsp3) is 1.00. The van der Waals surface area contributed by atoms with Crippen molar-refractivity contribution in [3.63, 3.8) is 0 Å². The highest BCUT2D eigenvalue weighted by Gasteiger charge is 1.98. The summed E-state index contributed by atoms with van der Waals surface area (Å²) in [5.41, 5.74) is 0. The Kier molecular flexibility index (Phi) is 8.64. The normalized spacial score (nSPS) is 13.4. The van der Waals surface area contributed by atoms with Gasteiger partial charge in [-0.15, -0.1) is 0 Å². The highest BCUT2D eigenvalue weighted by Crippen LogP contribution is 2.08. The summed E-state index contributed by atoms with van der Waals surface area (Å²) in [6.45, 7) is 3.48. The number of thioether (sulfide) groups is 1. The van der Waals surface area contributed by atoms with E-state index in [1.165, 1.54) is 31.6 Å². The minimum atomic E-state index is 0.849. The molecule has 11 heavy (non-hydrogen) atoms. The summed E-state index contributed by atoms with van der Waals surface area (Å²) in [5, 5.41) is 3.20. The van der Waals surface area contributed by atoms with E-state index < -0.39 is 0 Å². The smallest absolute Gasteiger partial charge is 0.00262 e. The van der Waals surface area contributed by atoms with Gasteiger partial charge in [0, 0.05) is 0 Å². The molecular weight excluding hydrogens is 154 g/mol. The maximum absolute atomic E-state index is 3.20. The third-order valence-corrected chi connectivity index (χ3v) is 2.54. The number of unbranched alkanes of at least 4 members (excludes halogenated alkanes) is 1. The largest absolute Gasteiger partial charge is 0.319 e. The molecule has 0 saturated carbocycles. The first-order valence-electron chi connectivity index (χ1n) is 4.44. The van der Waals surface area contributed by atoms with Crippen LogP contribution in [0.2, 0.25) is 0 Å². The van der Waals surface area contributed by atoms with E-state index in [-0.39, 0.29) is 0 Å². The fourth-order valence-electron chi connectivity index (χ4n) is 1.19. The Balaban J connectivity index is 2.97. The molecule has 0 bridgehead atoms. The number of rotatable bonds is 7. The van der Waals surface area contributed by atoms with Crippen LogP contribution in [0.25, 0.3) is 0 Å². The van der Waals surface area contributed by atoms with Gasteiger partial charge in [-0.3, -0.25) is 0 Å².